The first-order valence-corrected chi connectivity index (χ1v) is 20.6. The van der Waals surface area contributed by atoms with E-state index < -0.39 is 0 Å². The molecule has 0 saturated heterocycles. The molecule has 0 aliphatic heterocycles. The lowest BCUT2D eigenvalue weighted by Crippen LogP contribution is -2.49. The maximum atomic E-state index is 6.44. The molecule has 53 heavy (non-hydrogen) atoms. The molecule has 8 aliphatic rings. The molecule has 8 aliphatic carbocycles. The van der Waals surface area contributed by atoms with E-state index in [1.54, 1.807) is 5.56 Å². The highest BCUT2D eigenvalue weighted by Crippen LogP contribution is 2.62. The normalized spacial score (nSPS) is 32.2. The maximum absolute atomic E-state index is 6.44. The number of hydrogen-bond acceptors (Lipinski definition) is 4. The Kier molecular flexibility index (Phi) is 6.67. The van der Waals surface area contributed by atoms with Crippen LogP contribution in [0.4, 0.5) is 0 Å². The van der Waals surface area contributed by atoms with Crippen LogP contribution in [-0.2, 0) is 10.8 Å². The summed E-state index contributed by atoms with van der Waals surface area (Å²) in [4.78, 5) is 15.7. The third-order valence-electron chi connectivity index (χ3n) is 15.0. The van der Waals surface area contributed by atoms with E-state index in [0.717, 1.165) is 91.6 Å². The summed E-state index contributed by atoms with van der Waals surface area (Å²) in [6, 6.07) is 37.5. The second-order valence-electron chi connectivity index (χ2n) is 18.6. The van der Waals surface area contributed by atoms with Crippen LogP contribution in [0.15, 0.2) is 108 Å². The van der Waals surface area contributed by atoms with Gasteiger partial charge in [-0.25, -0.2) is 15.0 Å². The fraction of sp³-hybridized carbons (Fsp3) is 0.408. The molecule has 264 valence electrons. The zero-order chi connectivity index (χ0) is 34.7. The summed E-state index contributed by atoms with van der Waals surface area (Å²) in [7, 11) is 0. The van der Waals surface area contributed by atoms with E-state index >= 15 is 0 Å². The summed E-state index contributed by atoms with van der Waals surface area (Å²) in [5.74, 6) is 7.20. The van der Waals surface area contributed by atoms with Gasteiger partial charge in [0.25, 0.3) is 0 Å². The highest BCUT2D eigenvalue weighted by molar-refractivity contribution is 5.83. The van der Waals surface area contributed by atoms with Gasteiger partial charge in [0.05, 0.1) is 11.4 Å². The van der Waals surface area contributed by atoms with Crippen molar-refractivity contribution in [2.75, 3.05) is 0 Å². The van der Waals surface area contributed by atoms with Crippen LogP contribution in [0, 0.1) is 35.5 Å². The maximum Gasteiger partial charge on any atom is 0.227 e. The average Bonchev–Trinajstić information content (AvgIpc) is 3.61. The molecule has 0 unspecified atom stereocenters. The molecule has 14 rings (SSSR count). The van der Waals surface area contributed by atoms with Gasteiger partial charge >= 0.3 is 0 Å². The fourth-order valence-electron chi connectivity index (χ4n) is 13.5. The van der Waals surface area contributed by atoms with E-state index in [-0.39, 0.29) is 5.41 Å². The predicted molar refractivity (Wildman–Crippen MR) is 211 cm³/mol. The molecule has 0 radical (unpaired) electrons. The Labute approximate surface area is 312 Å². The van der Waals surface area contributed by atoms with Crippen LogP contribution in [0.25, 0.3) is 56.2 Å². The van der Waals surface area contributed by atoms with E-state index in [4.69, 9.17) is 19.4 Å². The first kappa shape index (κ1) is 30.8. The van der Waals surface area contributed by atoms with Crippen LogP contribution in [0.1, 0.15) is 88.4 Å². The second-order valence-corrected chi connectivity index (χ2v) is 18.6. The summed E-state index contributed by atoms with van der Waals surface area (Å²) in [6.45, 7) is 0. The van der Waals surface area contributed by atoms with Crippen LogP contribution in [0.2, 0.25) is 0 Å². The molecule has 4 nitrogen and oxygen atoms in total. The Morgan fingerprint density at radius 3 is 1.51 bits per heavy atom. The van der Waals surface area contributed by atoms with E-state index in [1.807, 2.05) is 0 Å². The molecule has 0 spiro atoms. The molecule has 4 aromatic carbocycles. The minimum Gasteiger partial charge on any atom is -0.436 e. The van der Waals surface area contributed by atoms with Gasteiger partial charge in [-0.15, -0.1) is 0 Å². The molecule has 4 heteroatoms. The van der Waals surface area contributed by atoms with Crippen molar-refractivity contribution in [3.63, 3.8) is 0 Å². The van der Waals surface area contributed by atoms with Crippen LogP contribution in [0.3, 0.4) is 0 Å². The molecule has 8 fully saturated rings. The van der Waals surface area contributed by atoms with Gasteiger partial charge in [0.2, 0.25) is 5.89 Å². The topological polar surface area (TPSA) is 51.8 Å². The number of benzene rings is 4. The highest BCUT2D eigenvalue weighted by atomic mass is 16.3. The number of fused-ring (bicyclic) bond motifs is 1. The average molecular weight is 694 g/mol. The summed E-state index contributed by atoms with van der Waals surface area (Å²) in [5, 5.41) is 0. The molecule has 2 aromatic heterocycles. The Bertz CT molecular complexity index is 2280. The van der Waals surface area contributed by atoms with Crippen molar-refractivity contribution in [3.05, 3.63) is 115 Å². The lowest BCUT2D eigenvalue weighted by molar-refractivity contribution is -0.00929. The Hall–Kier alpha value is -4.57. The number of oxazole rings is 1. The molecule has 8 bridgehead atoms. The molecule has 0 amide bonds. The molecule has 6 aromatic rings. The molecule has 0 atom stereocenters. The third kappa shape index (κ3) is 5.11. The lowest BCUT2D eigenvalue weighted by Gasteiger charge is -2.57. The van der Waals surface area contributed by atoms with Gasteiger partial charge in [-0.05, 0) is 165 Å². The van der Waals surface area contributed by atoms with Crippen molar-refractivity contribution in [1.82, 2.24) is 15.0 Å². The van der Waals surface area contributed by atoms with Gasteiger partial charge in [-0.1, -0.05) is 72.8 Å². The number of nitrogens with zero attached hydrogens (tertiary/aromatic N) is 3. The standard InChI is InChI=1S/C49H47N3O/c1-2-4-37(5-3-1)43-23-44(52-47(51-43)49-27-33-19-34(28-49)21-35(20-33)29-49)38-8-6-36(7-9-38)40-12-15-42-45(22-40)53-46(50-42)39-10-13-41(14-11-39)48-24-30-16-31(25-48)18-32(17-30)26-48/h1-15,22-23,30-35H,16-21,24-29H2. The minimum atomic E-state index is 0.135. The van der Waals surface area contributed by atoms with E-state index in [9.17, 15) is 0 Å². The molecular weight excluding hydrogens is 647 g/mol. The zero-order valence-corrected chi connectivity index (χ0v) is 30.5. The van der Waals surface area contributed by atoms with Gasteiger partial charge < -0.3 is 4.42 Å². The summed E-state index contributed by atoms with van der Waals surface area (Å²) >= 11 is 0. The van der Waals surface area contributed by atoms with Crippen molar-refractivity contribution >= 4 is 11.1 Å². The monoisotopic (exact) mass is 693 g/mol. The second kappa shape index (κ2) is 11.5. The van der Waals surface area contributed by atoms with Crippen LogP contribution >= 0.6 is 0 Å². The lowest BCUT2D eigenvalue weighted by atomic mass is 9.48. The number of hydrogen-bond donors (Lipinski definition) is 0. The zero-order valence-electron chi connectivity index (χ0n) is 30.5. The molecule has 0 N–H and O–H groups in total. The van der Waals surface area contributed by atoms with Crippen LogP contribution in [0.5, 0.6) is 0 Å². The highest BCUT2D eigenvalue weighted by Gasteiger charge is 2.54. The van der Waals surface area contributed by atoms with E-state index in [1.165, 1.54) is 77.0 Å². The Morgan fingerprint density at radius 2 is 0.925 bits per heavy atom. The van der Waals surface area contributed by atoms with Gasteiger partial charge in [0.15, 0.2) is 5.58 Å². The van der Waals surface area contributed by atoms with Crippen molar-refractivity contribution < 1.29 is 4.42 Å². The first-order valence-electron chi connectivity index (χ1n) is 20.6. The van der Waals surface area contributed by atoms with E-state index in [2.05, 4.69) is 103 Å². The quantitative estimate of drug-likeness (QED) is 0.174. The summed E-state index contributed by atoms with van der Waals surface area (Å²) in [6.07, 6.45) is 16.6. The van der Waals surface area contributed by atoms with Crippen molar-refractivity contribution in [2.45, 2.75) is 87.9 Å². The minimum absolute atomic E-state index is 0.135. The predicted octanol–water partition coefficient (Wildman–Crippen LogP) is 12.2. The smallest absolute Gasteiger partial charge is 0.227 e. The van der Waals surface area contributed by atoms with Gasteiger partial charge in [-0.3, -0.25) is 0 Å². The third-order valence-corrected chi connectivity index (χ3v) is 15.0. The van der Waals surface area contributed by atoms with Crippen molar-refractivity contribution in [3.8, 4) is 45.1 Å². The molecule has 8 saturated carbocycles. The fourth-order valence-corrected chi connectivity index (χ4v) is 13.5. The summed E-state index contributed by atoms with van der Waals surface area (Å²) in [5.41, 5.74) is 11.5. The SMILES string of the molecule is c1ccc(-c2cc(-c3ccc(-c4ccc5nc(-c6ccc(C78CC9CC(CC(C9)C7)C8)cc6)oc5c4)cc3)nc(C34CC5CC(CC(C5)C3)C4)n2)cc1. The largest absolute Gasteiger partial charge is 0.436 e. The van der Waals surface area contributed by atoms with Crippen molar-refractivity contribution in [1.29, 1.82) is 0 Å². The van der Waals surface area contributed by atoms with Crippen LogP contribution < -0.4 is 0 Å². The van der Waals surface area contributed by atoms with Crippen molar-refractivity contribution in [2.24, 2.45) is 35.5 Å². The van der Waals surface area contributed by atoms with Gasteiger partial charge in [0, 0.05) is 22.1 Å². The Balaban J connectivity index is 0.835. The molecular formula is C49H47N3O. The van der Waals surface area contributed by atoms with Gasteiger partial charge in [-0.2, -0.15) is 0 Å². The summed E-state index contributed by atoms with van der Waals surface area (Å²) < 4.78 is 6.44. The molecule has 2 heterocycles. The number of aromatic nitrogens is 3. The Morgan fingerprint density at radius 1 is 0.434 bits per heavy atom. The van der Waals surface area contributed by atoms with Gasteiger partial charge in [0.1, 0.15) is 11.3 Å². The van der Waals surface area contributed by atoms with E-state index in [0.29, 0.717) is 11.3 Å². The number of rotatable bonds is 6. The van der Waals surface area contributed by atoms with Crippen LogP contribution in [-0.4, -0.2) is 15.0 Å². The first-order chi connectivity index (χ1) is 26.0.